The van der Waals surface area contributed by atoms with E-state index in [1.165, 1.54) is 169 Å². The Labute approximate surface area is 696 Å². The fourth-order valence-electron chi connectivity index (χ4n) is 18.2. The third-order valence-corrected chi connectivity index (χ3v) is 25.2. The highest BCUT2D eigenvalue weighted by Gasteiger charge is 2.21. The lowest BCUT2D eigenvalue weighted by atomic mass is 9.98. The van der Waals surface area contributed by atoms with Crippen LogP contribution in [-0.2, 0) is 0 Å². The lowest BCUT2D eigenvalue weighted by molar-refractivity contribution is 0.668. The smallest absolute Gasteiger partial charge is 0.135 e. The number of nitrogens with zero attached hydrogens (tertiary/aromatic N) is 3. The van der Waals surface area contributed by atoms with Gasteiger partial charge in [0, 0.05) is 91.1 Å². The molecule has 6 heterocycles. The molecule has 0 spiro atoms. The van der Waals surface area contributed by atoms with Gasteiger partial charge in [-0.15, -0.1) is 11.3 Å². The molecule has 19 aromatic carbocycles. The van der Waals surface area contributed by atoms with Crippen LogP contribution in [0.2, 0.25) is 0 Å². The molecule has 0 amide bonds. The van der Waals surface area contributed by atoms with Gasteiger partial charge < -0.3 is 22.5 Å². The number of rotatable bonds is 10. The predicted octanol–water partition coefficient (Wildman–Crippen LogP) is 32.2. The van der Waals surface area contributed by atoms with Crippen molar-refractivity contribution < 1.29 is 8.83 Å². The van der Waals surface area contributed by atoms with Crippen molar-refractivity contribution in [3.63, 3.8) is 0 Å². The average molecular weight is 1550 g/mol. The summed E-state index contributed by atoms with van der Waals surface area (Å²) in [6.07, 6.45) is 0. The Morgan fingerprint density at radius 2 is 0.408 bits per heavy atom. The number of benzene rings is 19. The third-order valence-electron chi connectivity index (χ3n) is 24.0. The van der Waals surface area contributed by atoms with Crippen molar-refractivity contribution >= 4 is 141 Å². The summed E-state index contributed by atoms with van der Waals surface area (Å²) in [6.45, 7) is 0. The summed E-state index contributed by atoms with van der Waals surface area (Å²) >= 11 is 1.87. The maximum Gasteiger partial charge on any atom is 0.135 e. The minimum absolute atomic E-state index is 0.917. The number of thiophene rings is 1. The minimum atomic E-state index is 0.917. The van der Waals surface area contributed by atoms with Gasteiger partial charge in [-0.25, -0.2) is 0 Å². The van der Waals surface area contributed by atoms with Crippen LogP contribution in [0, 0.1) is 0 Å². The standard InChI is InChI=1S/C42H27NO.C36H23NO.C36H23NS/c1-3-11-28(12-4-1)32-23-33(29-13-5-2-6-14-29)25-34(24-32)43-39-17-9-7-15-35(39)37-26-30(19-21-40(37)43)31-20-22-42-38(27-31)36-16-8-10-18-41(36)44-42;2*1-2-8-24(9-3-1)25-14-18-28(19-15-25)37-33-12-6-4-10-29(33)31-22-26(16-20-34(31)37)27-17-21-36-32(23-27)30-11-5-7-13-35(30)38-36/h1-27H;2*1-23H. The van der Waals surface area contributed by atoms with E-state index in [4.69, 9.17) is 8.83 Å². The molecule has 562 valence electrons. The number of hydrogen-bond donors (Lipinski definition) is 0. The molecule has 6 aromatic heterocycles. The van der Waals surface area contributed by atoms with Crippen LogP contribution in [0.3, 0.4) is 0 Å². The lowest BCUT2D eigenvalue weighted by Crippen LogP contribution is -1.96. The molecule has 0 aliphatic carbocycles. The summed E-state index contributed by atoms with van der Waals surface area (Å²) in [5.41, 5.74) is 31.4. The topological polar surface area (TPSA) is 41.1 Å². The summed E-state index contributed by atoms with van der Waals surface area (Å²) in [6, 6.07) is 159. The third kappa shape index (κ3) is 12.3. The Morgan fingerprint density at radius 1 is 0.142 bits per heavy atom. The summed E-state index contributed by atoms with van der Waals surface area (Å²) < 4.78 is 22.0. The largest absolute Gasteiger partial charge is 0.456 e. The van der Waals surface area contributed by atoms with E-state index in [2.05, 4.69) is 432 Å². The molecule has 0 radical (unpaired) electrons. The van der Waals surface area contributed by atoms with Gasteiger partial charge in [-0.1, -0.05) is 291 Å². The zero-order chi connectivity index (χ0) is 79.1. The van der Waals surface area contributed by atoms with Crippen LogP contribution in [0.1, 0.15) is 0 Å². The van der Waals surface area contributed by atoms with E-state index in [0.717, 1.165) is 55.3 Å². The highest BCUT2D eigenvalue weighted by Crippen LogP contribution is 2.44. The van der Waals surface area contributed by atoms with Gasteiger partial charge in [0.1, 0.15) is 22.3 Å². The Kier molecular flexibility index (Phi) is 17.1. The average Bonchev–Trinajstić information content (AvgIpc) is 1.59. The van der Waals surface area contributed by atoms with Crippen LogP contribution in [0.4, 0.5) is 0 Å². The molecule has 6 heteroatoms. The second-order valence-corrected chi connectivity index (χ2v) is 32.1. The highest BCUT2D eigenvalue weighted by molar-refractivity contribution is 7.25. The monoisotopic (exact) mass is 1550 g/mol. The van der Waals surface area contributed by atoms with E-state index < -0.39 is 0 Å². The van der Waals surface area contributed by atoms with Crippen LogP contribution in [0.25, 0.3) is 224 Å². The maximum absolute atomic E-state index is 6.10. The van der Waals surface area contributed by atoms with Crippen molar-refractivity contribution in [1.82, 2.24) is 13.7 Å². The zero-order valence-corrected chi connectivity index (χ0v) is 66.0. The van der Waals surface area contributed by atoms with E-state index in [1.54, 1.807) is 0 Å². The molecule has 0 saturated carbocycles. The minimum Gasteiger partial charge on any atom is -0.456 e. The van der Waals surface area contributed by atoms with E-state index in [9.17, 15) is 0 Å². The summed E-state index contributed by atoms with van der Waals surface area (Å²) in [5, 5.41) is 14.8. The number of aromatic nitrogens is 3. The summed E-state index contributed by atoms with van der Waals surface area (Å²) in [5.74, 6) is 0. The van der Waals surface area contributed by atoms with Crippen LogP contribution in [0.5, 0.6) is 0 Å². The number of para-hydroxylation sites is 5. The van der Waals surface area contributed by atoms with E-state index in [1.807, 2.05) is 35.6 Å². The second-order valence-electron chi connectivity index (χ2n) is 31.0. The number of furan rings is 2. The Morgan fingerprint density at radius 3 is 0.817 bits per heavy atom. The molecule has 5 nitrogen and oxygen atoms in total. The molecular weight excluding hydrogens is 1480 g/mol. The van der Waals surface area contributed by atoms with Crippen molar-refractivity contribution in [2.75, 3.05) is 0 Å². The fraction of sp³-hybridized carbons (Fsp3) is 0. The zero-order valence-electron chi connectivity index (χ0n) is 65.2. The molecule has 0 aliphatic heterocycles. The van der Waals surface area contributed by atoms with Gasteiger partial charge in [-0.2, -0.15) is 0 Å². The van der Waals surface area contributed by atoms with Crippen LogP contribution in [0.15, 0.2) is 452 Å². The highest BCUT2D eigenvalue weighted by atomic mass is 32.1. The molecule has 120 heavy (non-hydrogen) atoms. The number of hydrogen-bond acceptors (Lipinski definition) is 3. The predicted molar refractivity (Wildman–Crippen MR) is 508 cm³/mol. The van der Waals surface area contributed by atoms with Gasteiger partial charge in [0.15, 0.2) is 0 Å². The normalized spacial score (nSPS) is 11.7. The lowest BCUT2D eigenvalue weighted by Gasteiger charge is -2.14. The first-order valence-electron chi connectivity index (χ1n) is 40.9. The van der Waals surface area contributed by atoms with Gasteiger partial charge in [0.25, 0.3) is 0 Å². The summed E-state index contributed by atoms with van der Waals surface area (Å²) in [4.78, 5) is 0. The first-order chi connectivity index (χ1) is 59.5. The Balaban J connectivity index is 0.000000105. The molecule has 0 atom stereocenters. The van der Waals surface area contributed by atoms with E-state index >= 15 is 0 Å². The quantitative estimate of drug-likeness (QED) is 0.137. The van der Waals surface area contributed by atoms with Gasteiger partial charge in [0.05, 0.1) is 33.1 Å². The second kappa shape index (κ2) is 29.3. The van der Waals surface area contributed by atoms with Crippen LogP contribution < -0.4 is 0 Å². The van der Waals surface area contributed by atoms with Crippen molar-refractivity contribution in [3.05, 3.63) is 443 Å². The van der Waals surface area contributed by atoms with Gasteiger partial charge in [-0.05, 0) is 230 Å². The molecule has 0 fully saturated rings. The van der Waals surface area contributed by atoms with Crippen molar-refractivity contribution in [3.8, 4) is 95.0 Å². The molecule has 25 aromatic rings. The number of fused-ring (bicyclic) bond motifs is 18. The molecule has 0 aliphatic rings. The van der Waals surface area contributed by atoms with Crippen molar-refractivity contribution in [2.24, 2.45) is 0 Å². The van der Waals surface area contributed by atoms with Crippen molar-refractivity contribution in [2.45, 2.75) is 0 Å². The Hall–Kier alpha value is -15.6. The van der Waals surface area contributed by atoms with Gasteiger partial charge in [-0.3, -0.25) is 0 Å². The van der Waals surface area contributed by atoms with E-state index in [-0.39, 0.29) is 0 Å². The van der Waals surface area contributed by atoms with E-state index in [0.29, 0.717) is 0 Å². The molecule has 0 bridgehead atoms. The first kappa shape index (κ1) is 69.9. The van der Waals surface area contributed by atoms with Gasteiger partial charge >= 0.3 is 0 Å². The molecular formula is C114H73N3O2S. The molecule has 0 unspecified atom stereocenters. The van der Waals surface area contributed by atoms with Gasteiger partial charge in [0.2, 0.25) is 0 Å². The van der Waals surface area contributed by atoms with Crippen molar-refractivity contribution in [1.29, 1.82) is 0 Å². The summed E-state index contributed by atoms with van der Waals surface area (Å²) in [7, 11) is 0. The molecule has 0 N–H and O–H groups in total. The molecule has 25 rings (SSSR count). The maximum atomic E-state index is 6.10. The van der Waals surface area contributed by atoms with Crippen LogP contribution >= 0.6 is 11.3 Å². The first-order valence-corrected chi connectivity index (χ1v) is 41.7. The molecule has 0 saturated heterocycles. The fourth-order valence-corrected chi connectivity index (χ4v) is 19.3. The van der Waals surface area contributed by atoms with Crippen LogP contribution in [-0.4, -0.2) is 13.7 Å². The Bertz CT molecular complexity index is 7880. The SMILES string of the molecule is c1ccc(-c2cc(-c3ccccc3)cc(-n3c4ccccc4c4cc(-c5ccc6oc7ccccc7c6c5)ccc43)c2)cc1.c1ccc(-c2ccc(-n3c4ccccc4c4cc(-c5ccc6oc7ccccc7c6c5)ccc43)cc2)cc1.c1ccc(-c2ccc(-n3c4ccccc4c4cc(-c5ccc6sc7ccccc7c6c5)ccc43)cc2)cc1.